The number of amides is 1. The molecule has 1 saturated heterocycles. The summed E-state index contributed by atoms with van der Waals surface area (Å²) in [5.74, 6) is 1.48. The minimum absolute atomic E-state index is 0.174. The second-order valence-electron chi connectivity index (χ2n) is 7.36. The van der Waals surface area contributed by atoms with Gasteiger partial charge in [0.1, 0.15) is 18.2 Å². The Bertz CT molecular complexity index is 1060. The van der Waals surface area contributed by atoms with Gasteiger partial charge in [-0.2, -0.15) is 0 Å². The molecule has 32 heavy (non-hydrogen) atoms. The molecule has 7 nitrogen and oxygen atoms in total. The summed E-state index contributed by atoms with van der Waals surface area (Å²) in [6, 6.07) is 11.6. The van der Waals surface area contributed by atoms with Crippen molar-refractivity contribution in [1.29, 1.82) is 0 Å². The highest BCUT2D eigenvalue weighted by Crippen LogP contribution is 2.21. The largest absolute Gasteiger partial charge is 0.487 e. The van der Waals surface area contributed by atoms with Crippen molar-refractivity contribution in [2.45, 2.75) is 20.1 Å². The highest BCUT2D eigenvalue weighted by Gasteiger charge is 2.12. The lowest BCUT2D eigenvalue weighted by Gasteiger charge is -2.27. The third-order valence-electron chi connectivity index (χ3n) is 4.99. The van der Waals surface area contributed by atoms with Crippen LogP contribution < -0.4 is 15.0 Å². The van der Waals surface area contributed by atoms with E-state index in [0.717, 1.165) is 53.9 Å². The maximum atomic E-state index is 12.3. The number of nitrogens with zero attached hydrogens (tertiary/aromatic N) is 3. The summed E-state index contributed by atoms with van der Waals surface area (Å²) in [5.41, 5.74) is 2.69. The molecule has 1 N–H and O–H groups in total. The van der Waals surface area contributed by atoms with Gasteiger partial charge in [0.15, 0.2) is 0 Å². The first-order valence-electron chi connectivity index (χ1n) is 10.5. The van der Waals surface area contributed by atoms with Gasteiger partial charge in [-0.1, -0.05) is 24.3 Å². The molecule has 1 aliphatic rings. The van der Waals surface area contributed by atoms with E-state index in [1.165, 1.54) is 6.08 Å². The van der Waals surface area contributed by atoms with Crippen molar-refractivity contribution >= 4 is 29.1 Å². The van der Waals surface area contributed by atoms with Gasteiger partial charge in [0.25, 0.3) is 0 Å². The molecule has 0 radical (unpaired) electrons. The Hall–Kier alpha value is -3.23. The van der Waals surface area contributed by atoms with Crippen LogP contribution in [0, 0.1) is 6.92 Å². The number of carbonyl (C=O) groups excluding carboxylic acids is 1. The molecule has 1 fully saturated rings. The number of ether oxygens (including phenoxy) is 2. The van der Waals surface area contributed by atoms with Crippen LogP contribution in [0.5, 0.6) is 5.75 Å². The van der Waals surface area contributed by atoms with Gasteiger partial charge in [0, 0.05) is 42.9 Å². The summed E-state index contributed by atoms with van der Waals surface area (Å²) in [5, 5.41) is 5.90. The number of thiazole rings is 1. The van der Waals surface area contributed by atoms with Gasteiger partial charge in [-0.05, 0) is 30.7 Å². The van der Waals surface area contributed by atoms with Crippen molar-refractivity contribution < 1.29 is 14.3 Å². The number of aromatic nitrogens is 2. The lowest BCUT2D eigenvalue weighted by atomic mass is 10.2. The van der Waals surface area contributed by atoms with Crippen molar-refractivity contribution in [3.63, 3.8) is 0 Å². The zero-order valence-electron chi connectivity index (χ0n) is 18.0. The Morgan fingerprint density at radius 2 is 2.09 bits per heavy atom. The van der Waals surface area contributed by atoms with E-state index in [1.54, 1.807) is 23.6 Å². The minimum atomic E-state index is -0.174. The third kappa shape index (κ3) is 6.15. The van der Waals surface area contributed by atoms with Gasteiger partial charge in [-0.25, -0.2) is 9.97 Å². The molecule has 166 valence electrons. The standard InChI is InChI=1S/C24H26N4O3S/c1-18-27-21(17-32-18)16-31-22-5-3-2-4-20(22)7-9-24(29)26-15-19-6-8-23(25-14-19)28-10-12-30-13-11-28/h2-9,14,17H,10-13,15-16H2,1H3,(H,26,29)/b9-7+. The maximum absolute atomic E-state index is 12.3. The molecule has 0 bridgehead atoms. The Balaban J connectivity index is 1.29. The zero-order chi connectivity index (χ0) is 22.2. The highest BCUT2D eigenvalue weighted by atomic mass is 32.1. The van der Waals surface area contributed by atoms with Gasteiger partial charge in [0.05, 0.1) is 23.9 Å². The third-order valence-corrected chi connectivity index (χ3v) is 5.81. The summed E-state index contributed by atoms with van der Waals surface area (Å²) < 4.78 is 11.3. The molecular formula is C24H26N4O3S. The molecule has 1 amide bonds. The smallest absolute Gasteiger partial charge is 0.244 e. The fourth-order valence-electron chi connectivity index (χ4n) is 3.29. The number of nitrogens with one attached hydrogen (secondary N) is 1. The van der Waals surface area contributed by atoms with E-state index < -0.39 is 0 Å². The van der Waals surface area contributed by atoms with E-state index in [9.17, 15) is 4.79 Å². The number of aryl methyl sites for hydroxylation is 1. The number of para-hydroxylation sites is 1. The number of carbonyl (C=O) groups is 1. The summed E-state index contributed by atoms with van der Waals surface area (Å²) in [6.07, 6.45) is 5.08. The maximum Gasteiger partial charge on any atom is 0.244 e. The molecule has 8 heteroatoms. The number of benzene rings is 1. The van der Waals surface area contributed by atoms with E-state index in [-0.39, 0.29) is 5.91 Å². The molecule has 0 atom stereocenters. The Kier molecular flexibility index (Phi) is 7.47. The molecular weight excluding hydrogens is 424 g/mol. The lowest BCUT2D eigenvalue weighted by Crippen LogP contribution is -2.36. The van der Waals surface area contributed by atoms with Crippen LogP contribution in [0.25, 0.3) is 6.08 Å². The van der Waals surface area contributed by atoms with Gasteiger partial charge in [-0.15, -0.1) is 11.3 Å². The number of pyridine rings is 1. The molecule has 0 spiro atoms. The van der Waals surface area contributed by atoms with Crippen molar-refractivity contribution in [2.75, 3.05) is 31.2 Å². The Morgan fingerprint density at radius 3 is 2.84 bits per heavy atom. The number of anilines is 1. The van der Waals surface area contributed by atoms with Crippen LogP contribution in [-0.4, -0.2) is 42.2 Å². The second kappa shape index (κ2) is 10.9. The van der Waals surface area contributed by atoms with Crippen LogP contribution in [0.3, 0.4) is 0 Å². The zero-order valence-corrected chi connectivity index (χ0v) is 18.8. The second-order valence-corrected chi connectivity index (χ2v) is 8.42. The SMILES string of the molecule is Cc1nc(COc2ccccc2/C=C/C(=O)NCc2ccc(N3CCOCC3)nc2)cs1. The molecule has 4 rings (SSSR count). The van der Waals surface area contributed by atoms with Crippen LogP contribution in [0.15, 0.2) is 54.1 Å². The van der Waals surface area contributed by atoms with Crippen molar-refractivity contribution in [2.24, 2.45) is 0 Å². The molecule has 0 unspecified atom stereocenters. The Morgan fingerprint density at radius 1 is 1.25 bits per heavy atom. The minimum Gasteiger partial charge on any atom is -0.487 e. The van der Waals surface area contributed by atoms with Crippen LogP contribution >= 0.6 is 11.3 Å². The van der Waals surface area contributed by atoms with Crippen molar-refractivity contribution in [3.8, 4) is 5.75 Å². The van der Waals surface area contributed by atoms with Crippen molar-refractivity contribution in [3.05, 3.63) is 75.9 Å². The summed E-state index contributed by atoms with van der Waals surface area (Å²) in [4.78, 5) is 23.4. The fourth-order valence-corrected chi connectivity index (χ4v) is 3.89. The van der Waals surface area contributed by atoms with E-state index in [1.807, 2.05) is 48.7 Å². The molecule has 3 aromatic rings. The van der Waals surface area contributed by atoms with Crippen molar-refractivity contribution in [1.82, 2.24) is 15.3 Å². The molecule has 1 aliphatic heterocycles. The number of morpholine rings is 1. The van der Waals surface area contributed by atoms with Crippen LogP contribution in [0.2, 0.25) is 0 Å². The monoisotopic (exact) mass is 450 g/mol. The van der Waals surface area contributed by atoms with Gasteiger partial charge >= 0.3 is 0 Å². The number of hydrogen-bond donors (Lipinski definition) is 1. The van der Waals surface area contributed by atoms with Crippen LogP contribution in [0.4, 0.5) is 5.82 Å². The van der Waals surface area contributed by atoms with Gasteiger partial charge < -0.3 is 19.7 Å². The van der Waals surface area contributed by atoms with Gasteiger partial charge in [0.2, 0.25) is 5.91 Å². The Labute approximate surface area is 191 Å². The molecule has 1 aromatic carbocycles. The normalized spacial score (nSPS) is 14.0. The van der Waals surface area contributed by atoms with E-state index in [2.05, 4.69) is 20.2 Å². The summed E-state index contributed by atoms with van der Waals surface area (Å²) in [7, 11) is 0. The first-order chi connectivity index (χ1) is 15.7. The number of hydrogen-bond acceptors (Lipinski definition) is 7. The molecule has 0 aliphatic carbocycles. The topological polar surface area (TPSA) is 76.6 Å². The average Bonchev–Trinajstić information content (AvgIpc) is 3.26. The predicted molar refractivity (Wildman–Crippen MR) is 126 cm³/mol. The van der Waals surface area contributed by atoms with E-state index in [4.69, 9.17) is 9.47 Å². The molecule has 0 saturated carbocycles. The van der Waals surface area contributed by atoms with E-state index >= 15 is 0 Å². The fraction of sp³-hybridized carbons (Fsp3) is 0.292. The summed E-state index contributed by atoms with van der Waals surface area (Å²) in [6.45, 7) is 5.94. The predicted octanol–water partition coefficient (Wildman–Crippen LogP) is 3.59. The average molecular weight is 451 g/mol. The van der Waals surface area contributed by atoms with E-state index in [0.29, 0.717) is 18.9 Å². The lowest BCUT2D eigenvalue weighted by molar-refractivity contribution is -0.116. The first-order valence-corrected chi connectivity index (χ1v) is 11.4. The number of rotatable bonds is 8. The van der Waals surface area contributed by atoms with Crippen LogP contribution in [0.1, 0.15) is 21.8 Å². The van der Waals surface area contributed by atoms with Crippen LogP contribution in [-0.2, 0) is 22.7 Å². The molecule has 3 heterocycles. The first kappa shape index (κ1) is 22.0. The summed E-state index contributed by atoms with van der Waals surface area (Å²) >= 11 is 1.60. The van der Waals surface area contributed by atoms with Gasteiger partial charge in [-0.3, -0.25) is 4.79 Å². The molecule has 2 aromatic heterocycles. The highest BCUT2D eigenvalue weighted by molar-refractivity contribution is 7.09. The quantitative estimate of drug-likeness (QED) is 0.529.